The first-order chi connectivity index (χ1) is 25.4. The fourth-order valence-corrected chi connectivity index (χ4v) is 6.10. The molecule has 0 aliphatic carbocycles. The number of amides is 2. The van der Waals surface area contributed by atoms with E-state index in [0.29, 0.717) is 35.9 Å². The Bertz CT molecular complexity index is 2320. The summed E-state index contributed by atoms with van der Waals surface area (Å²) in [6, 6.07) is 47.1. The molecule has 8 heteroatoms. The van der Waals surface area contributed by atoms with Crippen LogP contribution in [0.4, 0.5) is 33.2 Å². The number of guanidine groups is 1. The molecule has 8 nitrogen and oxygen atoms in total. The second-order valence-corrected chi connectivity index (χ2v) is 12.6. The van der Waals surface area contributed by atoms with Crippen LogP contribution < -0.4 is 9.80 Å². The Hall–Kier alpha value is -6.98. The van der Waals surface area contributed by atoms with E-state index < -0.39 is 0 Å². The average molecular weight is 680 g/mol. The lowest BCUT2D eigenvalue weighted by Gasteiger charge is -2.42. The summed E-state index contributed by atoms with van der Waals surface area (Å²) < 4.78 is 0. The number of aryl methyl sites for hydroxylation is 1. The van der Waals surface area contributed by atoms with Crippen LogP contribution in [0.5, 0.6) is 0 Å². The number of benzene rings is 6. The second kappa shape index (κ2) is 15.3. The van der Waals surface area contributed by atoms with Gasteiger partial charge in [0.1, 0.15) is 0 Å². The summed E-state index contributed by atoms with van der Waals surface area (Å²) in [4.78, 5) is 50.5. The summed E-state index contributed by atoms with van der Waals surface area (Å²) in [5.41, 5.74) is 11.2. The van der Waals surface area contributed by atoms with Crippen molar-refractivity contribution in [2.24, 2.45) is 15.0 Å². The molecule has 0 radical (unpaired) electrons. The predicted molar refractivity (Wildman–Crippen MR) is 205 cm³/mol. The van der Waals surface area contributed by atoms with Gasteiger partial charge < -0.3 is 0 Å². The van der Waals surface area contributed by atoms with Crippen LogP contribution in [-0.4, -0.2) is 24.2 Å². The van der Waals surface area contributed by atoms with Crippen molar-refractivity contribution in [1.29, 1.82) is 0 Å². The lowest BCUT2D eigenvalue weighted by Crippen LogP contribution is -2.65. The van der Waals surface area contributed by atoms with E-state index in [1.165, 1.54) is 11.1 Å². The molecule has 1 heterocycles. The fourth-order valence-electron chi connectivity index (χ4n) is 6.10. The van der Waals surface area contributed by atoms with Gasteiger partial charge in [-0.2, -0.15) is 9.98 Å². The number of rotatable bonds is 11. The van der Waals surface area contributed by atoms with Crippen molar-refractivity contribution in [3.8, 4) is 0 Å². The largest absolute Gasteiger partial charge is 0.342 e. The standard InChI is InChI=1S/C44H33N5O3/c1-31-2-4-32(5-3-31)26-36-12-22-41(23-13-36)48-43(47-40-20-10-35(11-21-40)27-33-6-16-38(17-7-33)45-29-50)49(44(48)52)42-24-14-37(15-25-42)28-34-8-18-39(19-9-34)46-30-51/h2-25H,26-28H2,1H3. The normalized spacial score (nSPS) is 12.9. The Morgan fingerprint density at radius 1 is 0.442 bits per heavy atom. The quantitative estimate of drug-likeness (QED) is 0.101. The van der Waals surface area contributed by atoms with E-state index in [-0.39, 0.29) is 6.03 Å². The fraction of sp³-hybridized carbons (Fsp3) is 0.0909. The van der Waals surface area contributed by atoms with Gasteiger partial charge in [0, 0.05) is 0 Å². The molecular weight excluding hydrogens is 647 g/mol. The molecule has 1 fully saturated rings. The molecule has 0 aromatic heterocycles. The van der Waals surface area contributed by atoms with Crippen molar-refractivity contribution in [2.75, 3.05) is 9.80 Å². The number of carbonyl (C=O) groups excluding carboxylic acids is 3. The van der Waals surface area contributed by atoms with Crippen LogP contribution in [0.2, 0.25) is 0 Å². The second-order valence-electron chi connectivity index (χ2n) is 12.6. The van der Waals surface area contributed by atoms with Crippen molar-refractivity contribution in [1.82, 2.24) is 0 Å². The van der Waals surface area contributed by atoms with E-state index in [1.807, 2.05) is 84.9 Å². The Labute approximate surface area is 301 Å². The number of nitrogens with zero attached hydrogens (tertiary/aromatic N) is 5. The summed E-state index contributed by atoms with van der Waals surface area (Å²) in [5, 5.41) is 0. The molecule has 6 aromatic carbocycles. The maximum atomic E-state index is 13.9. The summed E-state index contributed by atoms with van der Waals surface area (Å²) >= 11 is 0. The van der Waals surface area contributed by atoms with E-state index in [9.17, 15) is 14.4 Å². The number of anilines is 2. The molecule has 0 spiro atoms. The highest BCUT2D eigenvalue weighted by Gasteiger charge is 2.43. The minimum atomic E-state index is -0.192. The van der Waals surface area contributed by atoms with Gasteiger partial charge >= 0.3 is 6.03 Å². The molecule has 7 rings (SSSR count). The molecule has 6 aromatic rings. The van der Waals surface area contributed by atoms with Gasteiger partial charge in [-0.15, -0.1) is 0 Å². The van der Waals surface area contributed by atoms with E-state index in [0.717, 1.165) is 45.6 Å². The number of carbonyl (C=O) groups is 1. The SMILES string of the molecule is Cc1ccc(Cc2ccc(N3C(=O)N(c4ccc(Cc5ccc(N=C=O)cc5)cc4)C3=Nc3ccc(Cc4ccc(N=C=O)cc4)cc3)cc2)cc1. The van der Waals surface area contributed by atoms with Crippen molar-refractivity contribution in [2.45, 2.75) is 26.2 Å². The summed E-state index contributed by atoms with van der Waals surface area (Å²) in [6.07, 6.45) is 5.32. The molecule has 0 unspecified atom stereocenters. The van der Waals surface area contributed by atoms with Crippen LogP contribution in [-0.2, 0) is 28.9 Å². The smallest absolute Gasteiger partial charge is 0.247 e. The van der Waals surface area contributed by atoms with E-state index in [2.05, 4.69) is 53.3 Å². The van der Waals surface area contributed by atoms with Gasteiger partial charge in [-0.3, -0.25) is 0 Å². The zero-order chi connectivity index (χ0) is 35.9. The number of aliphatic imine (C=N–C) groups is 3. The average Bonchev–Trinajstić information content (AvgIpc) is 3.16. The van der Waals surface area contributed by atoms with Crippen LogP contribution in [0.25, 0.3) is 0 Å². The molecule has 252 valence electrons. The zero-order valence-corrected chi connectivity index (χ0v) is 28.4. The van der Waals surface area contributed by atoms with Crippen molar-refractivity contribution in [3.05, 3.63) is 185 Å². The topological polar surface area (TPSA) is 94.8 Å². The zero-order valence-electron chi connectivity index (χ0n) is 28.4. The minimum Gasteiger partial charge on any atom is -0.247 e. The van der Waals surface area contributed by atoms with Crippen molar-refractivity contribution >= 4 is 52.6 Å². The lowest BCUT2D eigenvalue weighted by molar-refractivity contribution is 0.253. The number of hydrogen-bond acceptors (Lipinski definition) is 6. The Balaban J connectivity index is 1.13. The van der Waals surface area contributed by atoms with Crippen LogP contribution in [0.1, 0.15) is 38.9 Å². The van der Waals surface area contributed by atoms with Gasteiger partial charge in [0.15, 0.2) is 0 Å². The maximum absolute atomic E-state index is 13.9. The van der Waals surface area contributed by atoms with Gasteiger partial charge in [0.05, 0.1) is 28.4 Å². The first kappa shape index (κ1) is 33.5. The molecule has 2 amide bonds. The van der Waals surface area contributed by atoms with Gasteiger partial charge in [-0.1, -0.05) is 90.5 Å². The van der Waals surface area contributed by atoms with E-state index in [4.69, 9.17) is 4.99 Å². The number of isocyanates is 2. The van der Waals surface area contributed by atoms with Gasteiger partial charge in [0.25, 0.3) is 0 Å². The number of urea groups is 1. The summed E-state index contributed by atoms with van der Waals surface area (Å²) in [7, 11) is 0. The monoisotopic (exact) mass is 679 g/mol. The minimum absolute atomic E-state index is 0.192. The third kappa shape index (κ3) is 7.75. The number of hydrogen-bond donors (Lipinski definition) is 0. The van der Waals surface area contributed by atoms with Gasteiger partial charge in [-0.05, 0) is 120 Å². The summed E-state index contributed by atoms with van der Waals surface area (Å²) in [5.74, 6) is 0.509. The molecule has 1 saturated heterocycles. The molecular formula is C44H33N5O3. The molecule has 0 N–H and O–H groups in total. The lowest BCUT2D eigenvalue weighted by atomic mass is 10.0. The van der Waals surface area contributed by atoms with E-state index in [1.54, 1.807) is 46.2 Å². The molecule has 0 atom stereocenters. The van der Waals surface area contributed by atoms with Crippen molar-refractivity contribution < 1.29 is 14.4 Å². The van der Waals surface area contributed by atoms with Crippen LogP contribution in [0.3, 0.4) is 0 Å². The van der Waals surface area contributed by atoms with Crippen LogP contribution in [0.15, 0.2) is 161 Å². The molecule has 1 aliphatic rings. The predicted octanol–water partition coefficient (Wildman–Crippen LogP) is 9.84. The molecule has 52 heavy (non-hydrogen) atoms. The third-order valence-corrected chi connectivity index (χ3v) is 8.90. The van der Waals surface area contributed by atoms with Gasteiger partial charge in [0.2, 0.25) is 18.1 Å². The highest BCUT2D eigenvalue weighted by molar-refractivity contribution is 6.43. The van der Waals surface area contributed by atoms with Crippen LogP contribution >= 0.6 is 0 Å². The first-order valence-electron chi connectivity index (χ1n) is 16.8. The Morgan fingerprint density at radius 2 is 0.750 bits per heavy atom. The maximum Gasteiger partial charge on any atom is 0.342 e. The van der Waals surface area contributed by atoms with Gasteiger partial charge in [-0.25, -0.2) is 29.2 Å². The van der Waals surface area contributed by atoms with Crippen molar-refractivity contribution in [3.63, 3.8) is 0 Å². The first-order valence-corrected chi connectivity index (χ1v) is 16.8. The Kier molecular flexibility index (Phi) is 9.85. The highest BCUT2D eigenvalue weighted by Crippen LogP contribution is 2.33. The van der Waals surface area contributed by atoms with E-state index >= 15 is 0 Å². The van der Waals surface area contributed by atoms with Crippen LogP contribution in [0, 0.1) is 6.92 Å². The Morgan fingerprint density at radius 3 is 1.10 bits per heavy atom. The molecule has 0 saturated carbocycles. The molecule has 1 aliphatic heterocycles. The summed E-state index contributed by atoms with van der Waals surface area (Å²) in [6.45, 7) is 2.08. The molecule has 0 bridgehead atoms. The highest BCUT2D eigenvalue weighted by atomic mass is 16.2. The third-order valence-electron chi connectivity index (χ3n) is 8.90.